The van der Waals surface area contributed by atoms with Crippen molar-refractivity contribution in [2.24, 2.45) is 0 Å². The van der Waals surface area contributed by atoms with Gasteiger partial charge in [-0.3, -0.25) is 0 Å². The summed E-state index contributed by atoms with van der Waals surface area (Å²) in [6, 6.07) is 3.43. The number of aromatic nitrogens is 3. The Morgan fingerprint density at radius 3 is 2.72 bits per heavy atom. The van der Waals surface area contributed by atoms with Gasteiger partial charge in [0.15, 0.2) is 5.16 Å². The van der Waals surface area contributed by atoms with E-state index >= 15 is 0 Å². The van der Waals surface area contributed by atoms with Crippen molar-refractivity contribution in [1.82, 2.24) is 14.3 Å². The Morgan fingerprint density at radius 2 is 2.11 bits per heavy atom. The molecule has 0 aliphatic rings. The van der Waals surface area contributed by atoms with Crippen molar-refractivity contribution in [3.05, 3.63) is 24.0 Å². The van der Waals surface area contributed by atoms with E-state index in [-0.39, 0.29) is 11.4 Å². The Morgan fingerprint density at radius 1 is 1.39 bits per heavy atom. The number of ether oxygens (including phenoxy) is 1. The Kier molecular flexibility index (Phi) is 4.01. The lowest BCUT2D eigenvalue weighted by Crippen LogP contribution is -2.03. The van der Waals surface area contributed by atoms with Crippen molar-refractivity contribution in [3.63, 3.8) is 0 Å². The number of hydrogen-bond acceptors (Lipinski definition) is 7. The van der Waals surface area contributed by atoms with Gasteiger partial charge in [0.05, 0.1) is 0 Å². The highest BCUT2D eigenvalue weighted by Crippen LogP contribution is 2.36. The topological polar surface area (TPSA) is 71.7 Å². The molecule has 5 nitrogen and oxygen atoms in total. The molecule has 0 spiro atoms. The minimum Gasteiger partial charge on any atom is -0.414 e. The van der Waals surface area contributed by atoms with Crippen LogP contribution in [0.3, 0.4) is 0 Å². The van der Waals surface area contributed by atoms with Gasteiger partial charge in [-0.25, -0.2) is 9.97 Å². The maximum absolute atomic E-state index is 12.1. The Balaban J connectivity index is 2.24. The molecule has 0 radical (unpaired) electrons. The van der Waals surface area contributed by atoms with Gasteiger partial charge in [0.1, 0.15) is 15.8 Å². The van der Waals surface area contributed by atoms with E-state index in [4.69, 9.17) is 5.26 Å². The van der Waals surface area contributed by atoms with Crippen LogP contribution >= 0.6 is 23.3 Å². The van der Waals surface area contributed by atoms with Gasteiger partial charge in [-0.05, 0) is 29.4 Å². The van der Waals surface area contributed by atoms with Gasteiger partial charge in [0.25, 0.3) is 0 Å². The molecule has 0 aliphatic heterocycles. The largest absolute Gasteiger partial charge is 0.414 e. The van der Waals surface area contributed by atoms with Gasteiger partial charge in [-0.2, -0.15) is 18.4 Å². The number of rotatable bonds is 4. The van der Waals surface area contributed by atoms with Gasteiger partial charge in [0.2, 0.25) is 5.88 Å². The van der Waals surface area contributed by atoms with Gasteiger partial charge in [-0.15, -0.1) is 0 Å². The Hall–Kier alpha value is -1.79. The molecule has 18 heavy (non-hydrogen) atoms. The van der Waals surface area contributed by atoms with Crippen molar-refractivity contribution in [1.29, 1.82) is 5.26 Å². The first-order valence-electron chi connectivity index (χ1n) is 4.50. The first-order chi connectivity index (χ1) is 8.70. The first-order valence-corrected chi connectivity index (χ1v) is 6.09. The summed E-state index contributed by atoms with van der Waals surface area (Å²) in [5.41, 5.74) is -0.0299. The molecule has 0 N–H and O–H groups in total. The lowest BCUT2D eigenvalue weighted by atomic mass is 10.4. The summed E-state index contributed by atoms with van der Waals surface area (Å²) in [5.74, 6) is -0.365. The highest BCUT2D eigenvalue weighted by Gasteiger charge is 2.19. The molecular formula is C9H4F2N4OS2. The van der Waals surface area contributed by atoms with Gasteiger partial charge >= 0.3 is 6.61 Å². The third kappa shape index (κ3) is 2.91. The SMILES string of the molecule is N#Cc1c(OC(F)F)nsc1Sc1ncccn1. The maximum Gasteiger partial charge on any atom is 0.388 e. The van der Waals surface area contributed by atoms with Crippen LogP contribution in [0.4, 0.5) is 8.78 Å². The molecule has 0 saturated carbocycles. The highest BCUT2D eigenvalue weighted by atomic mass is 32.2. The Labute approximate surface area is 109 Å². The summed E-state index contributed by atoms with van der Waals surface area (Å²) in [7, 11) is 0. The van der Waals surface area contributed by atoms with Crippen LogP contribution in [0.25, 0.3) is 0 Å². The molecule has 0 aromatic carbocycles. The number of alkyl halides is 2. The first kappa shape index (κ1) is 12.7. The van der Waals surface area contributed by atoms with Crippen LogP contribution < -0.4 is 4.74 Å². The highest BCUT2D eigenvalue weighted by molar-refractivity contribution is 8.01. The van der Waals surface area contributed by atoms with Crippen molar-refractivity contribution >= 4 is 23.3 Å². The van der Waals surface area contributed by atoms with Crippen LogP contribution in [0.2, 0.25) is 0 Å². The number of hydrogen-bond donors (Lipinski definition) is 0. The quantitative estimate of drug-likeness (QED) is 0.804. The van der Waals surface area contributed by atoms with Crippen molar-refractivity contribution < 1.29 is 13.5 Å². The summed E-state index contributed by atoms with van der Waals surface area (Å²) < 4.78 is 32.4. The zero-order chi connectivity index (χ0) is 13.0. The average molecular weight is 286 g/mol. The fourth-order valence-electron chi connectivity index (χ4n) is 1.01. The fraction of sp³-hybridized carbons (Fsp3) is 0.111. The fourth-order valence-corrected chi connectivity index (χ4v) is 2.65. The van der Waals surface area contributed by atoms with E-state index in [1.54, 1.807) is 24.5 Å². The van der Waals surface area contributed by atoms with Gasteiger partial charge < -0.3 is 4.74 Å². The molecule has 0 unspecified atom stereocenters. The van der Waals surface area contributed by atoms with E-state index in [1.807, 2.05) is 0 Å². The minimum absolute atomic E-state index is 0.0299. The van der Waals surface area contributed by atoms with E-state index in [1.165, 1.54) is 0 Å². The average Bonchev–Trinajstić information content (AvgIpc) is 2.72. The van der Waals surface area contributed by atoms with Gasteiger partial charge in [0, 0.05) is 12.4 Å². The van der Waals surface area contributed by atoms with Crippen LogP contribution in [0.15, 0.2) is 27.8 Å². The number of nitrogens with zero attached hydrogens (tertiary/aromatic N) is 4. The maximum atomic E-state index is 12.1. The van der Waals surface area contributed by atoms with Crippen molar-refractivity contribution in [3.8, 4) is 11.9 Å². The van der Waals surface area contributed by atoms with Crippen LogP contribution in [-0.4, -0.2) is 21.0 Å². The normalized spacial score (nSPS) is 10.3. The molecule has 0 atom stereocenters. The molecule has 2 aromatic rings. The zero-order valence-corrected chi connectivity index (χ0v) is 10.2. The molecule has 9 heteroatoms. The van der Waals surface area contributed by atoms with Crippen LogP contribution in [0, 0.1) is 11.3 Å². The summed E-state index contributed by atoms with van der Waals surface area (Å²) in [6.45, 7) is -3.01. The predicted octanol–water partition coefficient (Wildman–Crippen LogP) is 2.56. The molecule has 0 aliphatic carbocycles. The number of halogens is 2. The summed E-state index contributed by atoms with van der Waals surface area (Å²) in [4.78, 5) is 7.90. The summed E-state index contributed by atoms with van der Waals surface area (Å²) in [6.07, 6.45) is 3.08. The van der Waals surface area contributed by atoms with E-state index in [9.17, 15) is 8.78 Å². The monoisotopic (exact) mass is 286 g/mol. The second kappa shape index (κ2) is 5.70. The van der Waals surface area contributed by atoms with E-state index in [0.717, 1.165) is 23.3 Å². The standard InChI is InChI=1S/C9H4F2N4OS2/c10-8(11)16-6-5(4-12)7(18-15-6)17-9-13-2-1-3-14-9/h1-3,8H. The lowest BCUT2D eigenvalue weighted by Gasteiger charge is -1.99. The molecule has 2 rings (SSSR count). The van der Waals surface area contributed by atoms with Crippen LogP contribution in [0.5, 0.6) is 5.88 Å². The minimum atomic E-state index is -3.01. The molecule has 92 valence electrons. The predicted molar refractivity (Wildman–Crippen MR) is 59.6 cm³/mol. The molecular weight excluding hydrogens is 282 g/mol. The third-order valence-electron chi connectivity index (χ3n) is 1.67. The van der Waals surface area contributed by atoms with E-state index < -0.39 is 6.61 Å². The molecule has 2 heterocycles. The summed E-state index contributed by atoms with van der Waals surface area (Å²) >= 11 is 1.96. The molecule has 2 aromatic heterocycles. The number of nitriles is 1. The lowest BCUT2D eigenvalue weighted by molar-refractivity contribution is -0.0524. The smallest absolute Gasteiger partial charge is 0.388 e. The second-order valence-corrected chi connectivity index (χ2v) is 4.78. The molecule has 0 bridgehead atoms. The molecule has 0 amide bonds. The van der Waals surface area contributed by atoms with Crippen LogP contribution in [-0.2, 0) is 0 Å². The summed E-state index contributed by atoms with van der Waals surface area (Å²) in [5, 5.41) is 9.32. The Bertz CT molecular complexity index is 570. The van der Waals surface area contributed by atoms with Crippen LogP contribution in [0.1, 0.15) is 5.56 Å². The molecule has 0 saturated heterocycles. The molecule has 0 fully saturated rings. The van der Waals surface area contributed by atoms with Crippen molar-refractivity contribution in [2.75, 3.05) is 0 Å². The zero-order valence-electron chi connectivity index (χ0n) is 8.58. The van der Waals surface area contributed by atoms with Crippen molar-refractivity contribution in [2.45, 2.75) is 16.0 Å². The second-order valence-electron chi connectivity index (χ2n) is 2.77. The van der Waals surface area contributed by atoms with E-state index in [0.29, 0.717) is 9.37 Å². The third-order valence-corrected chi connectivity index (χ3v) is 3.55. The van der Waals surface area contributed by atoms with E-state index in [2.05, 4.69) is 19.1 Å². The van der Waals surface area contributed by atoms with Gasteiger partial charge in [-0.1, -0.05) is 0 Å².